The first-order valence-corrected chi connectivity index (χ1v) is 8.00. The quantitative estimate of drug-likeness (QED) is 0.227. The molecule has 0 spiro atoms. The molecule has 0 aliphatic rings. The van der Waals surface area contributed by atoms with Gasteiger partial charge in [-0.15, -0.1) is 23.5 Å². The van der Waals surface area contributed by atoms with E-state index in [1.807, 2.05) is 0 Å². The Hall–Kier alpha value is -1.70. The third-order valence-electron chi connectivity index (χ3n) is 2.01. The van der Waals surface area contributed by atoms with Gasteiger partial charge in [0, 0.05) is 46.1 Å². The number of aromatic nitrogens is 2. The number of carboxylic acids is 2. The van der Waals surface area contributed by atoms with Gasteiger partial charge in [-0.25, -0.2) is 0 Å². The molecule has 0 fully saturated rings. The third kappa shape index (κ3) is 20.5. The Kier molecular flexibility index (Phi) is 30.0. The molecule has 2 heterocycles. The van der Waals surface area contributed by atoms with Gasteiger partial charge in [-0.05, 0) is 24.3 Å². The molecule has 0 unspecified atom stereocenters. The van der Waals surface area contributed by atoms with Crippen molar-refractivity contribution in [3.63, 3.8) is 0 Å². The van der Waals surface area contributed by atoms with Crippen molar-refractivity contribution in [1.82, 2.24) is 9.97 Å². The second-order valence-corrected chi connectivity index (χ2v) is 5.78. The van der Waals surface area contributed by atoms with Crippen LogP contribution in [0.2, 0.25) is 0 Å². The van der Waals surface area contributed by atoms with E-state index < -0.39 is 11.9 Å². The molecular formula is C14H24CuN2O8S2+4. The van der Waals surface area contributed by atoms with Crippen molar-refractivity contribution < 1.29 is 58.8 Å². The molecular weight excluding hydrogens is 452 g/mol. The second-order valence-electron chi connectivity index (χ2n) is 3.69. The van der Waals surface area contributed by atoms with Crippen LogP contribution in [-0.2, 0) is 48.6 Å². The number of pyridine rings is 2. The summed E-state index contributed by atoms with van der Waals surface area (Å²) in [6.45, 7) is 0. The Bertz CT molecular complexity index is 543. The van der Waals surface area contributed by atoms with Gasteiger partial charge in [-0.1, -0.05) is 0 Å². The minimum Gasteiger partial charge on any atom is -0.549 e. The Labute approximate surface area is 174 Å². The largest absolute Gasteiger partial charge is 2.00 e. The number of hydrogen-bond donors (Lipinski definition) is 0. The van der Waals surface area contributed by atoms with E-state index in [1.54, 1.807) is 49.1 Å². The number of carbonyl (C=O) groups is 2. The topological polar surface area (TPSA) is 238 Å². The molecule has 1 radical (unpaired) electrons. The summed E-state index contributed by atoms with van der Waals surface area (Å²) in [6, 6.07) is 7.03. The molecule has 2 aromatic heterocycles. The van der Waals surface area contributed by atoms with E-state index in [0.717, 1.165) is 9.79 Å². The fraction of sp³-hybridized carbons (Fsp3) is 0.143. The van der Waals surface area contributed by atoms with Crippen LogP contribution in [0.5, 0.6) is 0 Å². The van der Waals surface area contributed by atoms with Crippen molar-refractivity contribution in [2.24, 2.45) is 0 Å². The molecule has 0 saturated heterocycles. The molecule has 0 bridgehead atoms. The fourth-order valence-corrected chi connectivity index (χ4v) is 2.35. The molecule has 157 valence electrons. The number of hydrogen-bond acceptors (Lipinski definition) is 8. The number of thioether (sulfide) groups is 2. The van der Waals surface area contributed by atoms with E-state index in [9.17, 15) is 19.8 Å². The van der Waals surface area contributed by atoms with E-state index in [0.29, 0.717) is 0 Å². The summed E-state index contributed by atoms with van der Waals surface area (Å²) in [5.41, 5.74) is 0. The van der Waals surface area contributed by atoms with Crippen molar-refractivity contribution in [2.75, 3.05) is 11.5 Å². The van der Waals surface area contributed by atoms with Crippen molar-refractivity contribution in [2.45, 2.75) is 9.79 Å². The van der Waals surface area contributed by atoms with Crippen LogP contribution in [0.15, 0.2) is 58.8 Å². The molecule has 2 rings (SSSR count). The first-order chi connectivity index (χ1) is 10.6. The van der Waals surface area contributed by atoms with Gasteiger partial charge in [0.2, 0.25) is 0 Å². The number of carbonyl (C=O) groups excluding carboxylic acids is 2. The van der Waals surface area contributed by atoms with Crippen LogP contribution in [-0.4, -0.2) is 33.4 Å². The van der Waals surface area contributed by atoms with E-state index in [2.05, 4.69) is 9.97 Å². The molecule has 0 aliphatic heterocycles. The number of rotatable bonds is 6. The summed E-state index contributed by atoms with van der Waals surface area (Å²) >= 11 is 2.45. The predicted molar refractivity (Wildman–Crippen MR) is 99.4 cm³/mol. The summed E-state index contributed by atoms with van der Waals surface area (Å²) in [7, 11) is 0. The number of nitrogens with zero attached hydrogens (tertiary/aromatic N) is 2. The molecule has 2 aromatic rings. The molecule has 0 aromatic carbocycles. The van der Waals surface area contributed by atoms with Crippen molar-refractivity contribution in [3.05, 3.63) is 49.1 Å². The Balaban J connectivity index is -0.000000101. The van der Waals surface area contributed by atoms with E-state index in [4.69, 9.17) is 0 Å². The Morgan fingerprint density at radius 2 is 0.963 bits per heavy atom. The molecule has 12 N–H and O–H groups in total. The summed E-state index contributed by atoms with van der Waals surface area (Å²) in [5, 5.41) is 20.1. The zero-order chi connectivity index (χ0) is 16.2. The standard InChI is InChI=1S/2C7H7NO2S.Cu.4H2O/c2*9-7(10)5-11-6-1-3-8-4-2-6;;;;;/h2*1-4H,5H2,(H,9,10);;4*1H2/q;;+2;;;;/p+2. The summed E-state index contributed by atoms with van der Waals surface area (Å²) < 4.78 is 0. The molecule has 13 heteroatoms. The fourth-order valence-electron chi connectivity index (χ4n) is 1.15. The maximum absolute atomic E-state index is 10.0. The molecule has 0 amide bonds. The van der Waals surface area contributed by atoms with E-state index in [1.165, 1.54) is 23.5 Å². The maximum atomic E-state index is 10.0. The van der Waals surface area contributed by atoms with Crippen LogP contribution in [0, 0.1) is 0 Å². The van der Waals surface area contributed by atoms with Gasteiger partial charge < -0.3 is 41.7 Å². The van der Waals surface area contributed by atoms with Crippen LogP contribution in [0.1, 0.15) is 0 Å². The van der Waals surface area contributed by atoms with Crippen molar-refractivity contribution in [1.29, 1.82) is 0 Å². The van der Waals surface area contributed by atoms with Gasteiger partial charge in [-0.3, -0.25) is 9.97 Å². The Morgan fingerprint density at radius 3 is 1.19 bits per heavy atom. The molecule has 0 saturated carbocycles. The average molecular weight is 476 g/mol. The minimum atomic E-state index is -1.05. The number of aliphatic carboxylic acids is 2. The molecule has 10 nitrogen and oxygen atoms in total. The smallest absolute Gasteiger partial charge is 0.549 e. The summed E-state index contributed by atoms with van der Waals surface area (Å²) in [4.78, 5) is 29.4. The van der Waals surface area contributed by atoms with Crippen LogP contribution >= 0.6 is 23.5 Å². The van der Waals surface area contributed by atoms with Gasteiger partial charge in [0.25, 0.3) is 0 Å². The molecule has 0 aliphatic carbocycles. The van der Waals surface area contributed by atoms with E-state index >= 15 is 0 Å². The van der Waals surface area contributed by atoms with Gasteiger partial charge in [-0.2, -0.15) is 0 Å². The van der Waals surface area contributed by atoms with Crippen molar-refractivity contribution >= 4 is 35.5 Å². The van der Waals surface area contributed by atoms with Gasteiger partial charge in [0.15, 0.2) is 0 Å². The zero-order valence-electron chi connectivity index (χ0n) is 14.0. The van der Waals surface area contributed by atoms with Gasteiger partial charge >= 0.3 is 17.1 Å². The molecule has 0 atom stereocenters. The number of carboxylic acid groups (broad SMARTS) is 2. The average Bonchev–Trinajstić information content (AvgIpc) is 2.53. The molecule has 27 heavy (non-hydrogen) atoms. The predicted octanol–water partition coefficient (Wildman–Crippen LogP) is -3.84. The second kappa shape index (κ2) is 22.3. The van der Waals surface area contributed by atoms with Gasteiger partial charge in [0.05, 0.1) is 11.9 Å². The summed E-state index contributed by atoms with van der Waals surface area (Å²) in [5.74, 6) is -2.12. The zero-order valence-corrected chi connectivity index (χ0v) is 16.6. The SMILES string of the molecule is O=C([O-])CSc1ccncc1.O=C([O-])CSc1ccncc1.[Cu+2].[OH3+].[OH3+].[OH3+].[OH3+]. The van der Waals surface area contributed by atoms with Gasteiger partial charge in [0.1, 0.15) is 0 Å². The Morgan fingerprint density at radius 1 is 0.704 bits per heavy atom. The normalized spacial score (nSPS) is 7.70. The first kappa shape index (κ1) is 36.3. The van der Waals surface area contributed by atoms with Crippen LogP contribution < -0.4 is 10.2 Å². The first-order valence-electron chi connectivity index (χ1n) is 6.03. The summed E-state index contributed by atoms with van der Waals surface area (Å²) in [6.07, 6.45) is 6.49. The van der Waals surface area contributed by atoms with E-state index in [-0.39, 0.29) is 50.5 Å². The monoisotopic (exact) mass is 475 g/mol. The third-order valence-corrected chi connectivity index (χ3v) is 3.98. The minimum absolute atomic E-state index is 0. The maximum Gasteiger partial charge on any atom is 2.00 e. The van der Waals surface area contributed by atoms with Crippen LogP contribution in [0.25, 0.3) is 0 Å². The van der Waals surface area contributed by atoms with Crippen LogP contribution in [0.4, 0.5) is 0 Å². The van der Waals surface area contributed by atoms with Crippen LogP contribution in [0.3, 0.4) is 0 Å². The van der Waals surface area contributed by atoms with Crippen molar-refractivity contribution in [3.8, 4) is 0 Å².